The maximum absolute atomic E-state index is 12.3. The van der Waals surface area contributed by atoms with Gasteiger partial charge in [0.2, 0.25) is 5.91 Å². The molecule has 1 saturated carbocycles. The number of nitro benzene ring substituents is 1. The van der Waals surface area contributed by atoms with Crippen LogP contribution in [-0.2, 0) is 14.8 Å². The van der Waals surface area contributed by atoms with Crippen LogP contribution in [0.2, 0.25) is 0 Å². The lowest BCUT2D eigenvalue weighted by Crippen LogP contribution is -2.32. The van der Waals surface area contributed by atoms with Crippen LogP contribution >= 0.6 is 0 Å². The molecule has 1 heterocycles. The molecule has 1 aliphatic rings. The van der Waals surface area contributed by atoms with Crippen molar-refractivity contribution in [3.05, 3.63) is 58.0 Å². The summed E-state index contributed by atoms with van der Waals surface area (Å²) in [6.45, 7) is 1.44. The number of amides is 1. The fourth-order valence-corrected chi connectivity index (χ4v) is 3.87. The smallest absolute Gasteiger partial charge is 0.269 e. The van der Waals surface area contributed by atoms with Gasteiger partial charge in [-0.1, -0.05) is 0 Å². The van der Waals surface area contributed by atoms with Crippen LogP contribution in [0.15, 0.2) is 45.9 Å². The van der Waals surface area contributed by atoms with Gasteiger partial charge < -0.3 is 4.42 Å². The van der Waals surface area contributed by atoms with Gasteiger partial charge in [-0.25, -0.2) is 13.1 Å². The number of carbonyl (C=O) groups excluding carboxylic acids is 1. The Labute approximate surface area is 137 Å². The van der Waals surface area contributed by atoms with E-state index in [1.165, 1.54) is 13.2 Å². The fourth-order valence-electron chi connectivity index (χ4n) is 2.61. The van der Waals surface area contributed by atoms with Crippen LogP contribution in [0.4, 0.5) is 5.69 Å². The molecule has 8 nitrogen and oxygen atoms in total. The number of sulfonamides is 1. The molecule has 1 fully saturated rings. The molecular weight excluding hydrogens is 336 g/mol. The van der Waals surface area contributed by atoms with Crippen LogP contribution in [0.5, 0.6) is 0 Å². The third-order valence-electron chi connectivity index (χ3n) is 3.93. The number of rotatable bonds is 5. The number of non-ortho nitro benzene ring substituents is 1. The van der Waals surface area contributed by atoms with Gasteiger partial charge in [-0.15, -0.1) is 0 Å². The third-order valence-corrected chi connectivity index (χ3v) is 5.44. The quantitative estimate of drug-likeness (QED) is 0.651. The first kappa shape index (κ1) is 16.2. The molecule has 0 saturated heterocycles. The molecule has 9 heteroatoms. The van der Waals surface area contributed by atoms with Crippen LogP contribution in [-0.4, -0.2) is 19.2 Å². The summed E-state index contributed by atoms with van der Waals surface area (Å²) in [5, 5.41) is 10.7. The number of hydrogen-bond donors (Lipinski definition) is 1. The summed E-state index contributed by atoms with van der Waals surface area (Å²) in [6, 6.07) is 6.82. The maximum atomic E-state index is 12.3. The highest BCUT2D eigenvalue weighted by atomic mass is 32.2. The van der Waals surface area contributed by atoms with Crippen molar-refractivity contribution < 1.29 is 22.6 Å². The van der Waals surface area contributed by atoms with Gasteiger partial charge in [0.1, 0.15) is 5.76 Å². The molecule has 0 spiro atoms. The highest BCUT2D eigenvalue weighted by Gasteiger charge is 2.47. The zero-order valence-electron chi connectivity index (χ0n) is 12.6. The van der Waals surface area contributed by atoms with Crippen molar-refractivity contribution in [1.29, 1.82) is 0 Å². The number of carbonyl (C=O) groups is 1. The predicted octanol–water partition coefficient (Wildman–Crippen LogP) is 2.10. The van der Waals surface area contributed by atoms with Gasteiger partial charge in [0.25, 0.3) is 15.7 Å². The summed E-state index contributed by atoms with van der Waals surface area (Å²) in [5.41, 5.74) is -0.0132. The number of hydrogen-bond acceptors (Lipinski definition) is 6. The van der Waals surface area contributed by atoms with Crippen LogP contribution < -0.4 is 4.72 Å². The summed E-state index contributed by atoms with van der Waals surface area (Å²) in [7, 11) is -4.08. The highest BCUT2D eigenvalue weighted by molar-refractivity contribution is 7.90. The summed E-state index contributed by atoms with van der Waals surface area (Å²) in [5.74, 6) is -0.523. The van der Waals surface area contributed by atoms with Gasteiger partial charge in [0, 0.05) is 24.0 Å². The Kier molecular flexibility index (Phi) is 3.88. The van der Waals surface area contributed by atoms with Crippen molar-refractivity contribution in [2.45, 2.75) is 24.2 Å². The van der Waals surface area contributed by atoms with E-state index in [-0.39, 0.29) is 22.1 Å². The molecule has 1 aromatic heterocycles. The maximum Gasteiger partial charge on any atom is 0.269 e. The lowest BCUT2D eigenvalue weighted by Gasteiger charge is -2.09. The Morgan fingerprint density at radius 2 is 2.12 bits per heavy atom. The van der Waals surface area contributed by atoms with Crippen LogP contribution in [0.25, 0.3) is 0 Å². The molecule has 1 aliphatic carbocycles. The van der Waals surface area contributed by atoms with E-state index in [1.54, 1.807) is 12.1 Å². The minimum absolute atomic E-state index is 0.117. The van der Waals surface area contributed by atoms with E-state index < -0.39 is 26.8 Å². The molecule has 1 N–H and O–H groups in total. The Bertz CT molecular complexity index is 904. The minimum Gasteiger partial charge on any atom is -0.469 e. The van der Waals surface area contributed by atoms with E-state index in [4.69, 9.17) is 4.42 Å². The first-order valence-corrected chi connectivity index (χ1v) is 8.63. The minimum atomic E-state index is -4.08. The zero-order valence-corrected chi connectivity index (χ0v) is 13.4. The first-order chi connectivity index (χ1) is 11.3. The Balaban J connectivity index is 1.75. The lowest BCUT2D eigenvalue weighted by atomic mass is 10.2. The second-order valence-corrected chi connectivity index (χ2v) is 7.29. The summed E-state index contributed by atoms with van der Waals surface area (Å²) >= 11 is 0. The molecule has 2 unspecified atom stereocenters. The van der Waals surface area contributed by atoms with E-state index in [0.29, 0.717) is 12.2 Å². The predicted molar refractivity (Wildman–Crippen MR) is 82.7 cm³/mol. The zero-order chi connectivity index (χ0) is 17.5. The first-order valence-electron chi connectivity index (χ1n) is 7.14. The lowest BCUT2D eigenvalue weighted by molar-refractivity contribution is -0.385. The second kappa shape index (κ2) is 5.75. The molecule has 2 atom stereocenters. The summed E-state index contributed by atoms with van der Waals surface area (Å²) in [6.07, 6.45) is 2.02. The summed E-state index contributed by atoms with van der Waals surface area (Å²) < 4.78 is 31.9. The molecule has 1 amide bonds. The normalized spacial score (nSPS) is 19.7. The molecule has 0 aliphatic heterocycles. The average Bonchev–Trinajstić information content (AvgIpc) is 3.12. The average molecular weight is 350 g/mol. The number of benzene rings is 1. The number of nitro groups is 1. The standard InChI is InChI=1S/C15H14N2O6S/c1-9-7-10(17(19)20)4-5-14(9)24(21,22)16-15(18)12-8-11(12)13-3-2-6-23-13/h2-7,11-12H,8H2,1H3,(H,16,18). The van der Waals surface area contributed by atoms with Gasteiger partial charge in [-0.05, 0) is 37.1 Å². The molecular formula is C15H14N2O6S. The van der Waals surface area contributed by atoms with Gasteiger partial charge in [0.05, 0.1) is 16.1 Å². The van der Waals surface area contributed by atoms with Gasteiger partial charge in [0.15, 0.2) is 0 Å². The van der Waals surface area contributed by atoms with E-state index in [9.17, 15) is 23.3 Å². The van der Waals surface area contributed by atoms with Crippen LogP contribution in [0, 0.1) is 23.0 Å². The van der Waals surface area contributed by atoms with E-state index >= 15 is 0 Å². The Morgan fingerprint density at radius 1 is 1.38 bits per heavy atom. The number of nitrogens with one attached hydrogen (secondary N) is 1. The third kappa shape index (κ3) is 3.02. The molecule has 0 bridgehead atoms. The molecule has 2 aromatic rings. The summed E-state index contributed by atoms with van der Waals surface area (Å²) in [4.78, 5) is 22.1. The van der Waals surface area contributed by atoms with Gasteiger partial charge >= 0.3 is 0 Å². The van der Waals surface area contributed by atoms with E-state index in [2.05, 4.69) is 0 Å². The van der Waals surface area contributed by atoms with Crippen molar-refractivity contribution in [2.24, 2.45) is 5.92 Å². The van der Waals surface area contributed by atoms with Crippen molar-refractivity contribution in [2.75, 3.05) is 0 Å². The SMILES string of the molecule is Cc1cc([N+](=O)[O-])ccc1S(=O)(=O)NC(=O)C1CC1c1ccco1. The Hall–Kier alpha value is -2.68. The van der Waals surface area contributed by atoms with Crippen molar-refractivity contribution in [3.63, 3.8) is 0 Å². The van der Waals surface area contributed by atoms with Crippen LogP contribution in [0.1, 0.15) is 23.7 Å². The van der Waals surface area contributed by atoms with Crippen molar-refractivity contribution in [1.82, 2.24) is 4.72 Å². The Morgan fingerprint density at radius 3 is 2.71 bits per heavy atom. The molecule has 3 rings (SSSR count). The van der Waals surface area contributed by atoms with Crippen molar-refractivity contribution in [3.8, 4) is 0 Å². The van der Waals surface area contributed by atoms with Crippen LogP contribution in [0.3, 0.4) is 0 Å². The molecule has 1 aromatic carbocycles. The van der Waals surface area contributed by atoms with Gasteiger partial charge in [-0.2, -0.15) is 0 Å². The molecule has 0 radical (unpaired) electrons. The second-order valence-electron chi connectivity index (χ2n) is 5.64. The van der Waals surface area contributed by atoms with Gasteiger partial charge in [-0.3, -0.25) is 14.9 Å². The largest absolute Gasteiger partial charge is 0.469 e. The molecule has 24 heavy (non-hydrogen) atoms. The fraction of sp³-hybridized carbons (Fsp3) is 0.267. The highest BCUT2D eigenvalue weighted by Crippen LogP contribution is 2.47. The number of furan rings is 1. The van der Waals surface area contributed by atoms with E-state index in [1.807, 2.05) is 4.72 Å². The van der Waals surface area contributed by atoms with Crippen molar-refractivity contribution >= 4 is 21.6 Å². The number of nitrogens with zero attached hydrogens (tertiary/aromatic N) is 1. The van der Waals surface area contributed by atoms with E-state index in [0.717, 1.165) is 18.2 Å². The number of aryl methyl sites for hydroxylation is 1. The topological polar surface area (TPSA) is 120 Å². The monoisotopic (exact) mass is 350 g/mol. The molecule has 126 valence electrons.